The SMILES string of the molecule is CC(C)(C)c1cccc(-c2nccc3c2ccc2c3cc(F)c3c4cc(F)c(F)cc4sc23)c1. The van der Waals surface area contributed by atoms with Crippen molar-refractivity contribution in [2.75, 3.05) is 0 Å². The average molecular weight is 472 g/mol. The number of thiophene rings is 1. The summed E-state index contributed by atoms with van der Waals surface area (Å²) in [5, 5.41) is 4.15. The van der Waals surface area contributed by atoms with Crippen molar-refractivity contribution in [1.29, 1.82) is 0 Å². The van der Waals surface area contributed by atoms with Crippen molar-refractivity contribution in [3.05, 3.63) is 89.9 Å². The van der Waals surface area contributed by atoms with Gasteiger partial charge in [-0.05, 0) is 52.1 Å². The molecule has 5 heteroatoms. The van der Waals surface area contributed by atoms with Crippen LogP contribution in [-0.4, -0.2) is 4.98 Å². The van der Waals surface area contributed by atoms with E-state index in [0.29, 0.717) is 20.2 Å². The maximum Gasteiger partial charge on any atom is 0.160 e. The molecule has 0 aliphatic heterocycles. The molecule has 4 aromatic carbocycles. The highest BCUT2D eigenvalue weighted by Gasteiger charge is 2.19. The molecule has 0 fully saturated rings. The average Bonchev–Trinajstić information content (AvgIpc) is 3.17. The van der Waals surface area contributed by atoms with E-state index in [0.717, 1.165) is 44.9 Å². The zero-order valence-electron chi connectivity index (χ0n) is 18.8. The fraction of sp³-hybridized carbons (Fsp3) is 0.138. The highest BCUT2D eigenvalue weighted by atomic mass is 32.1. The fourth-order valence-corrected chi connectivity index (χ4v) is 5.96. The molecule has 0 bridgehead atoms. The molecule has 0 saturated heterocycles. The van der Waals surface area contributed by atoms with Gasteiger partial charge in [-0.2, -0.15) is 0 Å². The molecule has 2 heterocycles. The third-order valence-corrected chi connectivity index (χ3v) is 7.66. The summed E-state index contributed by atoms with van der Waals surface area (Å²) in [6.45, 7) is 6.52. The predicted molar refractivity (Wildman–Crippen MR) is 136 cm³/mol. The van der Waals surface area contributed by atoms with Crippen LogP contribution >= 0.6 is 11.3 Å². The molecule has 34 heavy (non-hydrogen) atoms. The van der Waals surface area contributed by atoms with Gasteiger partial charge in [0.2, 0.25) is 0 Å². The van der Waals surface area contributed by atoms with Crippen LogP contribution in [0.5, 0.6) is 0 Å². The standard InChI is InChI=1S/C29H20F3NS/c1-29(2,3)16-6-4-5-15(11-16)27-18-7-8-19-20(17(18)9-10-33-27)12-24(32)26-21-13-22(30)23(31)14-25(21)34-28(19)26/h4-14H,1-3H3. The summed E-state index contributed by atoms with van der Waals surface area (Å²) in [5.74, 6) is -2.35. The van der Waals surface area contributed by atoms with E-state index in [1.54, 1.807) is 6.20 Å². The Morgan fingerprint density at radius 2 is 1.44 bits per heavy atom. The molecule has 0 aliphatic rings. The number of fused-ring (bicyclic) bond motifs is 7. The molecule has 0 N–H and O–H groups in total. The van der Waals surface area contributed by atoms with Crippen molar-refractivity contribution in [2.45, 2.75) is 26.2 Å². The molecular formula is C29H20F3NS. The van der Waals surface area contributed by atoms with E-state index in [1.165, 1.54) is 23.0 Å². The molecule has 168 valence electrons. The molecule has 0 amide bonds. The summed E-state index contributed by atoms with van der Waals surface area (Å²) >= 11 is 1.28. The number of hydrogen-bond acceptors (Lipinski definition) is 2. The Labute approximate surface area is 198 Å². The normalized spacial score (nSPS) is 12.4. The van der Waals surface area contributed by atoms with E-state index >= 15 is 4.39 Å². The summed E-state index contributed by atoms with van der Waals surface area (Å²) in [6.07, 6.45) is 1.75. The minimum atomic E-state index is -0.974. The van der Waals surface area contributed by atoms with Crippen LogP contribution in [0.2, 0.25) is 0 Å². The van der Waals surface area contributed by atoms with Crippen molar-refractivity contribution < 1.29 is 13.2 Å². The predicted octanol–water partition coefficient (Wildman–Crippen LogP) is 9.14. The number of pyridine rings is 1. The van der Waals surface area contributed by atoms with Gasteiger partial charge in [-0.25, -0.2) is 13.2 Å². The van der Waals surface area contributed by atoms with Gasteiger partial charge in [0.15, 0.2) is 11.6 Å². The van der Waals surface area contributed by atoms with Crippen molar-refractivity contribution in [2.24, 2.45) is 0 Å². The van der Waals surface area contributed by atoms with Crippen LogP contribution in [0, 0.1) is 17.5 Å². The molecule has 6 rings (SSSR count). The van der Waals surface area contributed by atoms with E-state index < -0.39 is 17.5 Å². The van der Waals surface area contributed by atoms with Gasteiger partial charge < -0.3 is 0 Å². The highest BCUT2D eigenvalue weighted by Crippen LogP contribution is 2.43. The van der Waals surface area contributed by atoms with Crippen LogP contribution in [0.4, 0.5) is 13.2 Å². The van der Waals surface area contributed by atoms with Gasteiger partial charge >= 0.3 is 0 Å². The Kier molecular flexibility index (Phi) is 4.52. The first-order valence-corrected chi connectivity index (χ1v) is 11.9. The molecule has 0 aliphatic carbocycles. The van der Waals surface area contributed by atoms with Crippen LogP contribution in [0.25, 0.3) is 53.0 Å². The summed E-state index contributed by atoms with van der Waals surface area (Å²) in [5.41, 5.74) is 3.06. The first-order chi connectivity index (χ1) is 16.2. The number of halogens is 3. The second-order valence-electron chi connectivity index (χ2n) is 9.67. The Morgan fingerprint density at radius 1 is 0.706 bits per heavy atom. The van der Waals surface area contributed by atoms with Crippen molar-refractivity contribution in [3.8, 4) is 11.3 Å². The Balaban J connectivity index is 1.67. The molecule has 0 radical (unpaired) electrons. The largest absolute Gasteiger partial charge is 0.256 e. The Bertz CT molecular complexity index is 1780. The molecule has 2 aromatic heterocycles. The number of rotatable bonds is 1. The smallest absolute Gasteiger partial charge is 0.160 e. The van der Waals surface area contributed by atoms with Crippen LogP contribution < -0.4 is 0 Å². The minimum absolute atomic E-state index is 0.00213. The molecule has 0 spiro atoms. The number of benzene rings is 4. The summed E-state index contributed by atoms with van der Waals surface area (Å²) < 4.78 is 44.4. The van der Waals surface area contributed by atoms with Gasteiger partial charge in [-0.15, -0.1) is 11.3 Å². The number of hydrogen-bond donors (Lipinski definition) is 0. The quantitative estimate of drug-likeness (QED) is 0.218. The van der Waals surface area contributed by atoms with Gasteiger partial charge in [-0.3, -0.25) is 4.98 Å². The Morgan fingerprint density at radius 3 is 2.24 bits per heavy atom. The van der Waals surface area contributed by atoms with Gasteiger partial charge in [0.25, 0.3) is 0 Å². The fourth-order valence-electron chi connectivity index (χ4n) is 4.71. The zero-order chi connectivity index (χ0) is 23.8. The maximum absolute atomic E-state index is 15.4. The van der Waals surface area contributed by atoms with Gasteiger partial charge in [0.05, 0.1) is 5.69 Å². The first-order valence-electron chi connectivity index (χ1n) is 11.0. The molecule has 0 atom stereocenters. The van der Waals surface area contributed by atoms with Crippen molar-refractivity contribution in [3.63, 3.8) is 0 Å². The monoisotopic (exact) mass is 471 g/mol. The van der Waals surface area contributed by atoms with Crippen LogP contribution in [0.1, 0.15) is 26.3 Å². The Hall–Kier alpha value is -3.44. The first kappa shape index (κ1) is 21.1. The summed E-state index contributed by atoms with van der Waals surface area (Å²) in [4.78, 5) is 4.67. The zero-order valence-corrected chi connectivity index (χ0v) is 19.7. The van der Waals surface area contributed by atoms with E-state index in [4.69, 9.17) is 0 Å². The van der Waals surface area contributed by atoms with E-state index in [2.05, 4.69) is 37.9 Å². The molecule has 0 unspecified atom stereocenters. The lowest BCUT2D eigenvalue weighted by atomic mass is 9.85. The summed E-state index contributed by atoms with van der Waals surface area (Å²) in [6, 6.07) is 17.9. The van der Waals surface area contributed by atoms with Crippen molar-refractivity contribution in [1.82, 2.24) is 4.98 Å². The lowest BCUT2D eigenvalue weighted by Crippen LogP contribution is -2.10. The van der Waals surface area contributed by atoms with Gasteiger partial charge in [0.1, 0.15) is 5.82 Å². The molecule has 6 aromatic rings. The number of nitrogens with zero attached hydrogens (tertiary/aromatic N) is 1. The molecule has 1 nitrogen and oxygen atoms in total. The molecular weight excluding hydrogens is 451 g/mol. The van der Waals surface area contributed by atoms with Crippen LogP contribution in [0.15, 0.2) is 66.9 Å². The highest BCUT2D eigenvalue weighted by molar-refractivity contribution is 7.26. The number of aromatic nitrogens is 1. The van der Waals surface area contributed by atoms with Gasteiger partial charge in [-0.1, -0.05) is 51.1 Å². The van der Waals surface area contributed by atoms with E-state index in [1.807, 2.05) is 30.3 Å². The van der Waals surface area contributed by atoms with E-state index in [9.17, 15) is 8.78 Å². The third-order valence-electron chi connectivity index (χ3n) is 6.47. The second-order valence-corrected chi connectivity index (χ2v) is 10.7. The lowest BCUT2D eigenvalue weighted by molar-refractivity contribution is 0.511. The van der Waals surface area contributed by atoms with Crippen LogP contribution in [0.3, 0.4) is 0 Å². The van der Waals surface area contributed by atoms with Crippen molar-refractivity contribution >= 4 is 53.1 Å². The maximum atomic E-state index is 15.4. The van der Waals surface area contributed by atoms with Gasteiger partial charge in [0, 0.05) is 42.7 Å². The third kappa shape index (κ3) is 3.11. The molecule has 0 saturated carbocycles. The lowest BCUT2D eigenvalue weighted by Gasteiger charge is -2.20. The topological polar surface area (TPSA) is 12.9 Å². The minimum Gasteiger partial charge on any atom is -0.256 e. The van der Waals surface area contributed by atoms with Crippen LogP contribution in [-0.2, 0) is 5.41 Å². The van der Waals surface area contributed by atoms with E-state index in [-0.39, 0.29) is 5.41 Å². The summed E-state index contributed by atoms with van der Waals surface area (Å²) in [7, 11) is 0. The second kappa shape index (κ2) is 7.28.